The van der Waals surface area contributed by atoms with E-state index in [0.29, 0.717) is 0 Å². The first-order chi connectivity index (χ1) is 23.0. The molecule has 0 aliphatic rings. The highest BCUT2D eigenvalue weighted by atomic mass is 32.1. The molecule has 2 nitrogen and oxygen atoms in total. The lowest BCUT2D eigenvalue weighted by Crippen LogP contribution is -2.09. The highest BCUT2D eigenvalue weighted by Gasteiger charge is 2.19. The number of para-hydroxylation sites is 1. The molecule has 0 atom stereocenters. The van der Waals surface area contributed by atoms with Crippen LogP contribution in [0.2, 0.25) is 0 Å². The molecule has 0 saturated heterocycles. The predicted molar refractivity (Wildman–Crippen MR) is 206 cm³/mol. The fourth-order valence-electron chi connectivity index (χ4n) is 6.88. The van der Waals surface area contributed by atoms with Crippen LogP contribution in [0.3, 0.4) is 0 Å². The molecule has 47 heavy (non-hydrogen) atoms. The second kappa shape index (κ2) is 11.7. The zero-order chi connectivity index (χ0) is 32.1. The Bertz CT molecular complexity index is 2560. The average molecular weight is 623 g/mol. The van der Waals surface area contributed by atoms with Crippen molar-refractivity contribution in [2.45, 2.75) is 20.8 Å². The van der Waals surface area contributed by atoms with Gasteiger partial charge < -0.3 is 0 Å². The van der Waals surface area contributed by atoms with Crippen molar-refractivity contribution in [2.75, 3.05) is 0 Å². The minimum atomic E-state index is 0.874. The third-order valence-corrected chi connectivity index (χ3v) is 10.3. The molecule has 0 N–H and O–H groups in total. The summed E-state index contributed by atoms with van der Waals surface area (Å²) >= 11 is 1.83. The van der Waals surface area contributed by atoms with E-state index in [1.54, 1.807) is 0 Å². The molecule has 0 amide bonds. The Morgan fingerprint density at radius 1 is 0.638 bits per heavy atom. The van der Waals surface area contributed by atoms with Crippen LogP contribution in [0, 0.1) is 13.8 Å². The maximum atomic E-state index is 5.43. The summed E-state index contributed by atoms with van der Waals surface area (Å²) in [6.45, 7) is 11.1. The summed E-state index contributed by atoms with van der Waals surface area (Å²) in [5, 5.41) is 5.00. The largest absolute Gasteiger partial charge is 0.297 e. The van der Waals surface area contributed by atoms with Gasteiger partial charge in [-0.3, -0.25) is 4.57 Å². The van der Waals surface area contributed by atoms with Crippen molar-refractivity contribution in [1.29, 1.82) is 0 Å². The first kappa shape index (κ1) is 28.9. The Labute approximate surface area is 279 Å². The summed E-state index contributed by atoms with van der Waals surface area (Å²) in [5.41, 5.74) is 11.3. The monoisotopic (exact) mass is 622 g/mol. The van der Waals surface area contributed by atoms with Gasteiger partial charge >= 0.3 is 0 Å². The van der Waals surface area contributed by atoms with Crippen molar-refractivity contribution in [2.24, 2.45) is 4.99 Å². The highest BCUT2D eigenvalue weighted by molar-refractivity contribution is 7.25. The van der Waals surface area contributed by atoms with Gasteiger partial charge in [-0.2, -0.15) is 0 Å². The summed E-state index contributed by atoms with van der Waals surface area (Å²) in [6.07, 6.45) is 2.13. The Morgan fingerprint density at radius 3 is 2.17 bits per heavy atom. The maximum Gasteiger partial charge on any atom is 0.111 e. The van der Waals surface area contributed by atoms with Crippen LogP contribution in [0.15, 0.2) is 151 Å². The molecule has 0 fully saturated rings. The lowest BCUT2D eigenvalue weighted by molar-refractivity contribution is 1.23. The first-order valence-corrected chi connectivity index (χ1v) is 16.8. The second-order valence-electron chi connectivity index (χ2n) is 12.2. The van der Waals surface area contributed by atoms with Crippen molar-refractivity contribution in [3.63, 3.8) is 0 Å². The van der Waals surface area contributed by atoms with Crippen LogP contribution in [0.25, 0.3) is 64.4 Å². The lowest BCUT2D eigenvalue weighted by Gasteiger charge is -2.16. The number of rotatable bonds is 5. The minimum absolute atomic E-state index is 0.874. The van der Waals surface area contributed by atoms with Crippen LogP contribution in [-0.4, -0.2) is 10.4 Å². The topological polar surface area (TPSA) is 17.3 Å². The molecule has 0 spiro atoms. The van der Waals surface area contributed by atoms with Crippen molar-refractivity contribution in [3.05, 3.63) is 168 Å². The van der Waals surface area contributed by atoms with Gasteiger partial charge in [-0.05, 0) is 78.9 Å². The third-order valence-electron chi connectivity index (χ3n) is 9.19. The molecular weight excluding hydrogens is 589 g/mol. The number of fused-ring (bicyclic) bond motifs is 6. The van der Waals surface area contributed by atoms with E-state index in [1.807, 2.05) is 17.4 Å². The molecule has 6 aromatic carbocycles. The quantitative estimate of drug-likeness (QED) is 0.103. The summed E-state index contributed by atoms with van der Waals surface area (Å²) in [7, 11) is 0. The van der Waals surface area contributed by atoms with E-state index in [0.717, 1.165) is 33.7 Å². The van der Waals surface area contributed by atoms with Gasteiger partial charge in [-0.25, -0.2) is 4.99 Å². The summed E-state index contributed by atoms with van der Waals surface area (Å²) in [4.78, 5) is 5.43. The third kappa shape index (κ3) is 5.00. The molecule has 0 aliphatic carbocycles. The van der Waals surface area contributed by atoms with Gasteiger partial charge in [0.05, 0.1) is 16.7 Å². The number of hydrogen-bond acceptors (Lipinski definition) is 2. The van der Waals surface area contributed by atoms with Crippen molar-refractivity contribution >= 4 is 70.4 Å². The van der Waals surface area contributed by atoms with Crippen LogP contribution >= 0.6 is 11.3 Å². The second-order valence-corrected chi connectivity index (χ2v) is 13.3. The van der Waals surface area contributed by atoms with Gasteiger partial charge in [0.2, 0.25) is 0 Å². The molecule has 2 aromatic heterocycles. The summed E-state index contributed by atoms with van der Waals surface area (Å²) < 4.78 is 4.94. The average Bonchev–Trinajstić information content (AvgIpc) is 3.64. The molecule has 0 bridgehead atoms. The van der Waals surface area contributed by atoms with Gasteiger partial charge in [-0.15, -0.1) is 11.3 Å². The van der Waals surface area contributed by atoms with E-state index in [9.17, 15) is 0 Å². The Balaban J connectivity index is 1.34. The predicted octanol–water partition coefficient (Wildman–Crippen LogP) is 12.5. The van der Waals surface area contributed by atoms with Gasteiger partial charge in [0, 0.05) is 42.1 Å². The molecule has 0 unspecified atom stereocenters. The van der Waals surface area contributed by atoms with E-state index in [2.05, 4.69) is 165 Å². The number of benzene rings is 6. The van der Waals surface area contributed by atoms with E-state index < -0.39 is 0 Å². The zero-order valence-electron chi connectivity index (χ0n) is 26.8. The van der Waals surface area contributed by atoms with E-state index in [4.69, 9.17) is 4.99 Å². The SMILES string of the molecule is C=C(/C=C(\N=C(C)n1c2ccccc2c2ccc(C)c(-c3ccccc3C)c21)c1ccccc1)c1ccc2sc3ccccc3c2c1. The Hall–Kier alpha value is -5.51. The minimum Gasteiger partial charge on any atom is -0.297 e. The molecule has 8 aromatic rings. The smallest absolute Gasteiger partial charge is 0.111 e. The molecule has 0 saturated carbocycles. The number of aliphatic imine (C=N–C) groups is 1. The number of aryl methyl sites for hydroxylation is 2. The van der Waals surface area contributed by atoms with E-state index in [1.165, 1.54) is 58.7 Å². The Kier molecular flexibility index (Phi) is 7.20. The molecular formula is C44H34N2S. The van der Waals surface area contributed by atoms with E-state index >= 15 is 0 Å². The maximum absolute atomic E-state index is 5.43. The molecule has 8 rings (SSSR count). The van der Waals surface area contributed by atoms with Gasteiger partial charge in [0.25, 0.3) is 0 Å². The number of aromatic nitrogens is 1. The first-order valence-electron chi connectivity index (χ1n) is 16.0. The van der Waals surface area contributed by atoms with Gasteiger partial charge in [0.15, 0.2) is 0 Å². The van der Waals surface area contributed by atoms with Crippen LogP contribution < -0.4 is 0 Å². The number of hydrogen-bond donors (Lipinski definition) is 0. The van der Waals surface area contributed by atoms with Gasteiger partial charge in [-0.1, -0.05) is 116 Å². The normalized spacial score (nSPS) is 12.5. The van der Waals surface area contributed by atoms with Crippen LogP contribution in [0.4, 0.5) is 0 Å². The molecule has 3 heteroatoms. The number of nitrogens with zero attached hydrogens (tertiary/aromatic N) is 2. The molecule has 226 valence electrons. The van der Waals surface area contributed by atoms with Crippen LogP contribution in [-0.2, 0) is 0 Å². The summed E-state index contributed by atoms with van der Waals surface area (Å²) in [6, 6.07) is 47.6. The van der Waals surface area contributed by atoms with Crippen molar-refractivity contribution in [3.8, 4) is 11.1 Å². The highest BCUT2D eigenvalue weighted by Crippen LogP contribution is 2.40. The molecule has 0 radical (unpaired) electrons. The molecule has 2 heterocycles. The number of allylic oxidation sites excluding steroid dienone is 2. The van der Waals surface area contributed by atoms with Crippen LogP contribution in [0.5, 0.6) is 0 Å². The summed E-state index contributed by atoms with van der Waals surface area (Å²) in [5.74, 6) is 0.902. The van der Waals surface area contributed by atoms with Crippen molar-refractivity contribution < 1.29 is 0 Å². The fraction of sp³-hybridized carbons (Fsp3) is 0.0682. The standard InChI is InChI=1S/C44H34N2S/c1-28-14-8-9-17-34(28)43-29(2)22-24-37-35-18-10-12-20-40(35)46(44(37)43)31(4)45-39(32-15-6-5-7-16-32)26-30(3)33-23-25-42-38(27-33)36-19-11-13-21-41(36)47-42/h5-27H,3H2,1-2,4H3/b39-26-,45-31?. The number of thiophene rings is 1. The fourth-order valence-corrected chi connectivity index (χ4v) is 7.96. The molecule has 0 aliphatic heterocycles. The van der Waals surface area contributed by atoms with E-state index in [-0.39, 0.29) is 0 Å². The lowest BCUT2D eigenvalue weighted by atomic mass is 9.94. The van der Waals surface area contributed by atoms with Crippen LogP contribution in [0.1, 0.15) is 29.2 Å². The van der Waals surface area contributed by atoms with Crippen molar-refractivity contribution in [1.82, 2.24) is 4.57 Å². The van der Waals surface area contributed by atoms with Gasteiger partial charge in [0.1, 0.15) is 5.84 Å². The zero-order valence-corrected chi connectivity index (χ0v) is 27.6. The Morgan fingerprint density at radius 2 is 1.34 bits per heavy atom.